The molecule has 1 heterocycles. The van der Waals surface area contributed by atoms with Gasteiger partial charge in [-0.05, 0) is 49.1 Å². The van der Waals surface area contributed by atoms with Gasteiger partial charge in [0.15, 0.2) is 0 Å². The lowest BCUT2D eigenvalue weighted by Crippen LogP contribution is -2.26. The molecule has 0 fully saturated rings. The Hall–Kier alpha value is -2.92. The van der Waals surface area contributed by atoms with Gasteiger partial charge in [-0.1, -0.05) is 48.0 Å². The number of rotatable bonds is 6. The van der Waals surface area contributed by atoms with Crippen molar-refractivity contribution >= 4 is 29.1 Å². The third-order valence-electron chi connectivity index (χ3n) is 4.10. The van der Waals surface area contributed by atoms with Crippen molar-refractivity contribution in [1.82, 2.24) is 15.3 Å². The Morgan fingerprint density at radius 2 is 1.89 bits per heavy atom. The third kappa shape index (κ3) is 5.05. The van der Waals surface area contributed by atoms with E-state index < -0.39 is 0 Å². The molecule has 1 amide bonds. The Balaban J connectivity index is 1.65. The number of hydrogen-bond acceptors (Lipinski definition) is 4. The van der Waals surface area contributed by atoms with E-state index in [0.29, 0.717) is 23.2 Å². The number of hydrogen-bond donors (Lipinski definition) is 2. The minimum absolute atomic E-state index is 0.233. The first kappa shape index (κ1) is 18.9. The predicted molar refractivity (Wildman–Crippen MR) is 109 cm³/mol. The zero-order chi connectivity index (χ0) is 19.2. The summed E-state index contributed by atoms with van der Waals surface area (Å²) in [5.74, 6) is 0.0997. The highest BCUT2D eigenvalue weighted by molar-refractivity contribution is 6.33. The molecule has 5 nitrogen and oxygen atoms in total. The number of aryl methyl sites for hydroxylation is 2. The SMILES string of the molecule is Cc1cc(C)c(Nc2nccc(C(=O)NCCc3ccccc3)n2)c(Cl)c1. The molecular weight excluding hydrogens is 360 g/mol. The van der Waals surface area contributed by atoms with E-state index in [9.17, 15) is 4.79 Å². The molecular formula is C21H21ClN4O. The smallest absolute Gasteiger partial charge is 0.270 e. The van der Waals surface area contributed by atoms with E-state index in [1.165, 1.54) is 5.56 Å². The highest BCUT2D eigenvalue weighted by atomic mass is 35.5. The number of halogens is 1. The lowest BCUT2D eigenvalue weighted by atomic mass is 10.1. The highest BCUT2D eigenvalue weighted by Crippen LogP contribution is 2.29. The van der Waals surface area contributed by atoms with E-state index in [-0.39, 0.29) is 5.91 Å². The van der Waals surface area contributed by atoms with Gasteiger partial charge in [-0.25, -0.2) is 9.97 Å². The zero-order valence-corrected chi connectivity index (χ0v) is 16.0. The quantitative estimate of drug-likeness (QED) is 0.662. The molecule has 0 aliphatic rings. The van der Waals surface area contributed by atoms with Gasteiger partial charge in [0.1, 0.15) is 5.69 Å². The van der Waals surface area contributed by atoms with Crippen LogP contribution >= 0.6 is 11.6 Å². The molecule has 0 bridgehead atoms. The number of benzene rings is 2. The lowest BCUT2D eigenvalue weighted by molar-refractivity contribution is 0.0949. The Kier molecular flexibility index (Phi) is 6.04. The summed E-state index contributed by atoms with van der Waals surface area (Å²) in [6.45, 7) is 4.49. The van der Waals surface area contributed by atoms with Crippen LogP contribution in [0.4, 0.5) is 11.6 Å². The van der Waals surface area contributed by atoms with Gasteiger partial charge in [-0.3, -0.25) is 4.79 Å². The molecule has 2 N–H and O–H groups in total. The van der Waals surface area contributed by atoms with Crippen LogP contribution in [-0.4, -0.2) is 22.4 Å². The van der Waals surface area contributed by atoms with Crippen molar-refractivity contribution in [2.24, 2.45) is 0 Å². The number of nitrogens with zero attached hydrogens (tertiary/aromatic N) is 2. The van der Waals surface area contributed by atoms with Crippen LogP contribution in [0.15, 0.2) is 54.7 Å². The van der Waals surface area contributed by atoms with E-state index in [1.807, 2.05) is 56.3 Å². The van der Waals surface area contributed by atoms with Crippen molar-refractivity contribution in [3.63, 3.8) is 0 Å². The third-order valence-corrected chi connectivity index (χ3v) is 4.40. The normalized spacial score (nSPS) is 10.5. The Morgan fingerprint density at radius 3 is 2.63 bits per heavy atom. The summed E-state index contributed by atoms with van der Waals surface area (Å²) in [5, 5.41) is 6.59. The number of carbonyl (C=O) groups excluding carboxylic acids is 1. The van der Waals surface area contributed by atoms with Crippen LogP contribution in [0.1, 0.15) is 27.2 Å². The standard InChI is InChI=1S/C21H21ClN4O/c1-14-12-15(2)19(17(22)13-14)26-21-24-11-9-18(25-21)20(27)23-10-8-16-6-4-3-5-7-16/h3-7,9,11-13H,8,10H2,1-2H3,(H,23,27)(H,24,25,26). The first-order valence-electron chi connectivity index (χ1n) is 8.72. The maximum Gasteiger partial charge on any atom is 0.270 e. The van der Waals surface area contributed by atoms with Gasteiger partial charge in [0.25, 0.3) is 5.91 Å². The van der Waals surface area contributed by atoms with Crippen LogP contribution in [-0.2, 0) is 6.42 Å². The van der Waals surface area contributed by atoms with Gasteiger partial charge in [-0.2, -0.15) is 0 Å². The summed E-state index contributed by atoms with van der Waals surface area (Å²) in [6, 6.07) is 15.5. The van der Waals surface area contributed by atoms with Crippen LogP contribution in [0, 0.1) is 13.8 Å². The molecule has 27 heavy (non-hydrogen) atoms. The van der Waals surface area contributed by atoms with Gasteiger partial charge in [0.05, 0.1) is 10.7 Å². The number of aromatic nitrogens is 2. The Labute approximate surface area is 163 Å². The predicted octanol–water partition coefficient (Wildman–Crippen LogP) is 4.46. The summed E-state index contributed by atoms with van der Waals surface area (Å²) in [6.07, 6.45) is 2.32. The van der Waals surface area contributed by atoms with Crippen LogP contribution in [0.2, 0.25) is 5.02 Å². The van der Waals surface area contributed by atoms with E-state index >= 15 is 0 Å². The molecule has 6 heteroatoms. The summed E-state index contributed by atoms with van der Waals surface area (Å²) in [4.78, 5) is 20.9. The molecule has 0 aliphatic heterocycles. The molecule has 0 spiro atoms. The molecule has 138 valence electrons. The fraction of sp³-hybridized carbons (Fsp3) is 0.190. The number of anilines is 2. The Morgan fingerprint density at radius 1 is 1.11 bits per heavy atom. The van der Waals surface area contributed by atoms with Crippen molar-refractivity contribution in [1.29, 1.82) is 0 Å². The van der Waals surface area contributed by atoms with E-state index in [1.54, 1.807) is 12.3 Å². The van der Waals surface area contributed by atoms with Gasteiger partial charge in [-0.15, -0.1) is 0 Å². The minimum atomic E-state index is -0.233. The number of amides is 1. The highest BCUT2D eigenvalue weighted by Gasteiger charge is 2.11. The fourth-order valence-corrected chi connectivity index (χ4v) is 3.16. The second-order valence-electron chi connectivity index (χ2n) is 6.32. The number of nitrogens with one attached hydrogen (secondary N) is 2. The van der Waals surface area contributed by atoms with Gasteiger partial charge in [0, 0.05) is 12.7 Å². The second kappa shape index (κ2) is 8.64. The molecule has 0 saturated carbocycles. The van der Waals surface area contributed by atoms with Crippen LogP contribution in [0.3, 0.4) is 0 Å². The molecule has 0 unspecified atom stereocenters. The first-order chi connectivity index (χ1) is 13.0. The Bertz CT molecular complexity index is 921. The average molecular weight is 381 g/mol. The van der Waals surface area contributed by atoms with Crippen molar-refractivity contribution in [2.75, 3.05) is 11.9 Å². The van der Waals surface area contributed by atoms with E-state index in [0.717, 1.165) is 23.2 Å². The monoisotopic (exact) mass is 380 g/mol. The van der Waals surface area contributed by atoms with Crippen LogP contribution in [0.5, 0.6) is 0 Å². The van der Waals surface area contributed by atoms with Gasteiger partial charge < -0.3 is 10.6 Å². The van der Waals surface area contributed by atoms with Crippen LogP contribution in [0.25, 0.3) is 0 Å². The topological polar surface area (TPSA) is 66.9 Å². The zero-order valence-electron chi connectivity index (χ0n) is 15.3. The molecule has 3 rings (SSSR count). The first-order valence-corrected chi connectivity index (χ1v) is 9.09. The summed E-state index contributed by atoms with van der Waals surface area (Å²) in [5.41, 5.74) is 4.29. The summed E-state index contributed by atoms with van der Waals surface area (Å²) < 4.78 is 0. The van der Waals surface area contributed by atoms with E-state index in [4.69, 9.17) is 11.6 Å². The van der Waals surface area contributed by atoms with Crippen LogP contribution < -0.4 is 10.6 Å². The number of carbonyl (C=O) groups is 1. The van der Waals surface area contributed by atoms with Crippen molar-refractivity contribution < 1.29 is 4.79 Å². The maximum absolute atomic E-state index is 12.4. The largest absolute Gasteiger partial charge is 0.350 e. The van der Waals surface area contributed by atoms with Gasteiger partial charge >= 0.3 is 0 Å². The lowest BCUT2D eigenvalue weighted by Gasteiger charge is -2.12. The molecule has 0 aliphatic carbocycles. The van der Waals surface area contributed by atoms with E-state index in [2.05, 4.69) is 20.6 Å². The van der Waals surface area contributed by atoms with Crippen molar-refractivity contribution in [2.45, 2.75) is 20.3 Å². The minimum Gasteiger partial charge on any atom is -0.350 e. The molecule has 0 atom stereocenters. The maximum atomic E-state index is 12.4. The summed E-state index contributed by atoms with van der Waals surface area (Å²) >= 11 is 6.32. The second-order valence-corrected chi connectivity index (χ2v) is 6.73. The molecule has 3 aromatic rings. The fourth-order valence-electron chi connectivity index (χ4n) is 2.79. The van der Waals surface area contributed by atoms with Crippen molar-refractivity contribution in [3.8, 4) is 0 Å². The molecule has 0 saturated heterocycles. The molecule has 1 aromatic heterocycles. The average Bonchev–Trinajstić information content (AvgIpc) is 2.66. The summed E-state index contributed by atoms with van der Waals surface area (Å²) in [7, 11) is 0. The molecule has 0 radical (unpaired) electrons. The van der Waals surface area contributed by atoms with Gasteiger partial charge in [0.2, 0.25) is 5.95 Å². The van der Waals surface area contributed by atoms with Crippen molar-refractivity contribution in [3.05, 3.63) is 82.1 Å². The molecule has 2 aromatic carbocycles.